The zero-order valence-electron chi connectivity index (χ0n) is 16.9. The third-order valence-corrected chi connectivity index (χ3v) is 5.09. The van der Waals surface area contributed by atoms with Crippen LogP contribution in [0.25, 0.3) is 22.2 Å². The average Bonchev–Trinajstić information content (AvgIpc) is 2.82. The van der Waals surface area contributed by atoms with Gasteiger partial charge in [-0.15, -0.1) is 0 Å². The molecule has 0 amide bonds. The number of carbonyl (C=O) groups excluding carboxylic acids is 1. The van der Waals surface area contributed by atoms with Gasteiger partial charge in [0.15, 0.2) is 0 Å². The summed E-state index contributed by atoms with van der Waals surface area (Å²) in [6.45, 7) is 2.04. The Morgan fingerprint density at radius 1 is 0.968 bits per heavy atom. The molecule has 0 saturated heterocycles. The maximum absolute atomic E-state index is 13.0. The first kappa shape index (κ1) is 20.2. The minimum Gasteiger partial charge on any atom is -0.457 e. The summed E-state index contributed by atoms with van der Waals surface area (Å²) in [5.74, 6) is -0.503. The van der Waals surface area contributed by atoms with Gasteiger partial charge in [0.05, 0.1) is 21.7 Å². The van der Waals surface area contributed by atoms with Gasteiger partial charge in [-0.25, -0.2) is 9.78 Å². The van der Waals surface area contributed by atoms with E-state index in [1.807, 2.05) is 48.5 Å². The van der Waals surface area contributed by atoms with Crippen molar-refractivity contribution in [1.29, 1.82) is 0 Å². The number of aryl methyl sites for hydroxylation is 1. The molecule has 0 aliphatic carbocycles. The largest absolute Gasteiger partial charge is 0.457 e. The van der Waals surface area contributed by atoms with Gasteiger partial charge in [-0.1, -0.05) is 61.5 Å². The van der Waals surface area contributed by atoms with Gasteiger partial charge in [-0.3, -0.25) is 10.1 Å². The SMILES string of the molecule is CCc1ccc(-c2cc(C(=O)OCc3cccc([N+](=O)[O-])c3)c3ccccc3n2)cc1. The van der Waals surface area contributed by atoms with Crippen molar-refractivity contribution in [3.63, 3.8) is 0 Å². The van der Waals surface area contributed by atoms with Crippen LogP contribution in [0.2, 0.25) is 0 Å². The van der Waals surface area contributed by atoms with Crippen molar-refractivity contribution >= 4 is 22.6 Å². The number of benzene rings is 3. The first-order chi connectivity index (χ1) is 15.0. The minimum atomic E-state index is -0.503. The van der Waals surface area contributed by atoms with Crippen LogP contribution in [-0.4, -0.2) is 15.9 Å². The quantitative estimate of drug-likeness (QED) is 0.229. The number of carbonyl (C=O) groups is 1. The lowest BCUT2D eigenvalue weighted by Gasteiger charge is -2.11. The highest BCUT2D eigenvalue weighted by molar-refractivity contribution is 6.04. The number of para-hydroxylation sites is 1. The van der Waals surface area contributed by atoms with Gasteiger partial charge in [0.2, 0.25) is 0 Å². The van der Waals surface area contributed by atoms with Crippen LogP contribution in [0.1, 0.15) is 28.4 Å². The summed E-state index contributed by atoms with van der Waals surface area (Å²) in [6.07, 6.45) is 0.945. The summed E-state index contributed by atoms with van der Waals surface area (Å²) in [7, 11) is 0. The first-order valence-corrected chi connectivity index (χ1v) is 9.94. The van der Waals surface area contributed by atoms with Crippen LogP contribution in [0.4, 0.5) is 5.69 Å². The number of rotatable bonds is 6. The third kappa shape index (κ3) is 4.43. The van der Waals surface area contributed by atoms with E-state index < -0.39 is 10.9 Å². The molecule has 154 valence electrons. The van der Waals surface area contributed by atoms with Crippen LogP contribution in [0.15, 0.2) is 78.9 Å². The lowest BCUT2D eigenvalue weighted by molar-refractivity contribution is -0.384. The second-order valence-electron chi connectivity index (χ2n) is 7.13. The standard InChI is InChI=1S/C25H20N2O4/c1-2-17-10-12-19(13-11-17)24-15-22(21-8-3-4-9-23(21)26-24)25(28)31-16-18-6-5-7-20(14-18)27(29)30/h3-15H,2,16H2,1H3. The first-order valence-electron chi connectivity index (χ1n) is 9.94. The number of esters is 1. The molecular weight excluding hydrogens is 392 g/mol. The van der Waals surface area contributed by atoms with Crippen molar-refractivity contribution in [1.82, 2.24) is 4.98 Å². The van der Waals surface area contributed by atoms with Gasteiger partial charge >= 0.3 is 5.97 Å². The van der Waals surface area contributed by atoms with E-state index in [4.69, 9.17) is 9.72 Å². The number of fused-ring (bicyclic) bond motifs is 1. The second-order valence-corrected chi connectivity index (χ2v) is 7.13. The lowest BCUT2D eigenvalue weighted by atomic mass is 10.0. The molecular formula is C25H20N2O4. The Balaban J connectivity index is 1.66. The highest BCUT2D eigenvalue weighted by Crippen LogP contribution is 2.26. The summed E-state index contributed by atoms with van der Waals surface area (Å²) in [6, 6.07) is 23.3. The molecule has 0 aliphatic rings. The Bertz CT molecular complexity index is 1270. The molecule has 6 nitrogen and oxygen atoms in total. The molecule has 0 bridgehead atoms. The molecule has 0 fully saturated rings. The van der Waals surface area contributed by atoms with Gasteiger partial charge in [0, 0.05) is 23.1 Å². The van der Waals surface area contributed by atoms with Gasteiger partial charge in [-0.05, 0) is 29.7 Å². The number of hydrogen-bond donors (Lipinski definition) is 0. The summed E-state index contributed by atoms with van der Waals surface area (Å²) in [5.41, 5.74) is 4.44. The Hall–Kier alpha value is -4.06. The fourth-order valence-electron chi connectivity index (χ4n) is 3.39. The summed E-state index contributed by atoms with van der Waals surface area (Å²) < 4.78 is 5.50. The zero-order chi connectivity index (χ0) is 21.8. The number of nitro groups is 1. The van der Waals surface area contributed by atoms with Crippen molar-refractivity contribution in [3.05, 3.63) is 106 Å². The van der Waals surface area contributed by atoms with Gasteiger partial charge in [0.1, 0.15) is 6.61 Å². The minimum absolute atomic E-state index is 0.0410. The number of nitro benzene ring substituents is 1. The lowest BCUT2D eigenvalue weighted by Crippen LogP contribution is -2.07. The molecule has 6 heteroatoms. The van der Waals surface area contributed by atoms with Gasteiger partial charge in [0.25, 0.3) is 5.69 Å². The summed E-state index contributed by atoms with van der Waals surface area (Å²) in [5, 5.41) is 11.7. The fraction of sp³-hybridized carbons (Fsp3) is 0.120. The van der Waals surface area contributed by atoms with Crippen LogP contribution >= 0.6 is 0 Å². The molecule has 0 radical (unpaired) electrons. The molecule has 0 atom stereocenters. The smallest absolute Gasteiger partial charge is 0.339 e. The molecule has 0 spiro atoms. The van der Waals surface area contributed by atoms with Crippen LogP contribution < -0.4 is 0 Å². The molecule has 0 unspecified atom stereocenters. The van der Waals surface area contributed by atoms with Gasteiger partial charge in [-0.2, -0.15) is 0 Å². The van der Waals surface area contributed by atoms with Crippen molar-refractivity contribution in [3.8, 4) is 11.3 Å². The average molecular weight is 412 g/mol. The highest BCUT2D eigenvalue weighted by atomic mass is 16.6. The van der Waals surface area contributed by atoms with E-state index in [1.54, 1.807) is 18.2 Å². The Morgan fingerprint density at radius 2 is 1.74 bits per heavy atom. The van der Waals surface area contributed by atoms with E-state index >= 15 is 0 Å². The van der Waals surface area contributed by atoms with E-state index in [1.165, 1.54) is 17.7 Å². The van der Waals surface area contributed by atoms with Crippen LogP contribution in [0, 0.1) is 10.1 Å². The maximum Gasteiger partial charge on any atom is 0.339 e. The molecule has 0 N–H and O–H groups in total. The van der Waals surface area contributed by atoms with E-state index in [2.05, 4.69) is 6.92 Å². The molecule has 3 aromatic carbocycles. The van der Waals surface area contributed by atoms with Crippen molar-refractivity contribution in [2.45, 2.75) is 20.0 Å². The molecule has 0 saturated carbocycles. The molecule has 1 heterocycles. The van der Waals surface area contributed by atoms with Crippen LogP contribution in [0.5, 0.6) is 0 Å². The van der Waals surface area contributed by atoms with E-state index in [9.17, 15) is 14.9 Å². The highest BCUT2D eigenvalue weighted by Gasteiger charge is 2.16. The zero-order valence-corrected chi connectivity index (χ0v) is 16.9. The summed E-state index contributed by atoms with van der Waals surface area (Å²) >= 11 is 0. The van der Waals surface area contributed by atoms with Crippen LogP contribution in [0.3, 0.4) is 0 Å². The Kier molecular flexibility index (Phi) is 5.71. The van der Waals surface area contributed by atoms with Crippen LogP contribution in [-0.2, 0) is 17.8 Å². The summed E-state index contributed by atoms with van der Waals surface area (Å²) in [4.78, 5) is 28.1. The molecule has 31 heavy (non-hydrogen) atoms. The fourth-order valence-corrected chi connectivity index (χ4v) is 3.39. The molecule has 4 aromatic rings. The molecule has 4 rings (SSSR count). The van der Waals surface area contributed by atoms with E-state index in [0.717, 1.165) is 12.0 Å². The number of nitrogens with zero attached hydrogens (tertiary/aromatic N) is 2. The third-order valence-electron chi connectivity index (χ3n) is 5.09. The van der Waals surface area contributed by atoms with Gasteiger partial charge < -0.3 is 4.74 Å². The number of pyridine rings is 1. The molecule has 0 aliphatic heterocycles. The number of non-ortho nitro benzene ring substituents is 1. The number of ether oxygens (including phenoxy) is 1. The Labute approximate surface area is 179 Å². The molecule has 1 aromatic heterocycles. The number of aromatic nitrogens is 1. The topological polar surface area (TPSA) is 82.3 Å². The van der Waals surface area contributed by atoms with Crippen molar-refractivity contribution in [2.75, 3.05) is 0 Å². The Morgan fingerprint density at radius 3 is 2.48 bits per heavy atom. The monoisotopic (exact) mass is 412 g/mol. The predicted molar refractivity (Wildman–Crippen MR) is 119 cm³/mol. The van der Waals surface area contributed by atoms with Crippen molar-refractivity contribution < 1.29 is 14.5 Å². The normalized spacial score (nSPS) is 10.7. The maximum atomic E-state index is 13.0. The second kappa shape index (κ2) is 8.75. The van der Waals surface area contributed by atoms with Crippen molar-refractivity contribution in [2.24, 2.45) is 0 Å². The number of hydrogen-bond acceptors (Lipinski definition) is 5. The predicted octanol–water partition coefficient (Wildman–Crippen LogP) is 5.73. The van der Waals surface area contributed by atoms with E-state index in [0.29, 0.717) is 27.7 Å². The van der Waals surface area contributed by atoms with E-state index in [-0.39, 0.29) is 12.3 Å².